The number of allylic oxidation sites excluding steroid dienone is 2. The van der Waals surface area contributed by atoms with Gasteiger partial charge in [0.2, 0.25) is 0 Å². The van der Waals surface area contributed by atoms with E-state index < -0.39 is 11.4 Å². The Bertz CT molecular complexity index is 907. The Balaban J connectivity index is 1.59. The maximum absolute atomic E-state index is 12.2. The molecule has 0 bridgehead atoms. The van der Waals surface area contributed by atoms with Gasteiger partial charge in [-0.05, 0) is 111 Å². The van der Waals surface area contributed by atoms with Crippen LogP contribution in [0.1, 0.15) is 106 Å². The molecule has 5 aliphatic carbocycles. The van der Waals surface area contributed by atoms with Gasteiger partial charge in [-0.25, -0.2) is 0 Å². The first kappa shape index (κ1) is 24.8. The van der Waals surface area contributed by atoms with E-state index in [0.29, 0.717) is 17.8 Å². The normalized spacial score (nSPS) is 54.1. The number of aliphatic hydroxyl groups is 2. The van der Waals surface area contributed by atoms with Gasteiger partial charge >= 0.3 is 5.97 Å². The standard InChI is InChI=1S/C30H48O4/c1-25(2)21-9-11-29(6)22(30(21,18-31)12-10-23(25)32)8-7-19-20-17-27(4,24(33)34)14-13-26(20,3)15-16-28(19,29)5/h7,20-23,31-32H,8-18H2,1-6H3,(H,33,34). The monoisotopic (exact) mass is 472 g/mol. The van der Waals surface area contributed by atoms with Crippen molar-refractivity contribution in [1.29, 1.82) is 0 Å². The van der Waals surface area contributed by atoms with Crippen LogP contribution in [0.15, 0.2) is 11.6 Å². The van der Waals surface area contributed by atoms with Crippen molar-refractivity contribution in [3.05, 3.63) is 11.6 Å². The largest absolute Gasteiger partial charge is 0.481 e. The molecular weight excluding hydrogens is 424 g/mol. The molecule has 4 heteroatoms. The van der Waals surface area contributed by atoms with Crippen molar-refractivity contribution in [3.63, 3.8) is 0 Å². The number of aliphatic carboxylic acids is 1. The van der Waals surface area contributed by atoms with Crippen LogP contribution in [-0.2, 0) is 4.79 Å². The smallest absolute Gasteiger partial charge is 0.309 e. The molecule has 0 aromatic rings. The van der Waals surface area contributed by atoms with Crippen molar-refractivity contribution < 1.29 is 20.1 Å². The van der Waals surface area contributed by atoms with E-state index in [-0.39, 0.29) is 39.8 Å². The molecule has 4 saturated carbocycles. The van der Waals surface area contributed by atoms with E-state index in [0.717, 1.165) is 51.4 Å². The molecule has 0 aromatic heterocycles. The fourth-order valence-corrected chi connectivity index (χ4v) is 10.5. The predicted molar refractivity (Wildman–Crippen MR) is 134 cm³/mol. The van der Waals surface area contributed by atoms with Crippen LogP contribution in [0.5, 0.6) is 0 Å². The predicted octanol–water partition coefficient (Wildman–Crippen LogP) is 6.21. The molecule has 192 valence electrons. The van der Waals surface area contributed by atoms with Crippen molar-refractivity contribution in [3.8, 4) is 0 Å². The third-order valence-corrected chi connectivity index (χ3v) is 13.3. The van der Waals surface area contributed by atoms with Crippen LogP contribution in [0.4, 0.5) is 0 Å². The Morgan fingerprint density at radius 3 is 2.26 bits per heavy atom. The van der Waals surface area contributed by atoms with Gasteiger partial charge in [0.05, 0.1) is 11.5 Å². The van der Waals surface area contributed by atoms with Crippen LogP contribution >= 0.6 is 0 Å². The van der Waals surface area contributed by atoms with Crippen LogP contribution in [0.3, 0.4) is 0 Å². The van der Waals surface area contributed by atoms with Gasteiger partial charge in [-0.2, -0.15) is 0 Å². The van der Waals surface area contributed by atoms with E-state index in [1.165, 1.54) is 12.8 Å². The highest BCUT2D eigenvalue weighted by Crippen LogP contribution is 2.75. The third-order valence-electron chi connectivity index (χ3n) is 13.3. The fraction of sp³-hybridized carbons (Fsp3) is 0.900. The molecule has 34 heavy (non-hydrogen) atoms. The number of carbonyl (C=O) groups is 1. The van der Waals surface area contributed by atoms with Gasteiger partial charge in [0.15, 0.2) is 0 Å². The number of rotatable bonds is 2. The average Bonchev–Trinajstić information content (AvgIpc) is 2.77. The van der Waals surface area contributed by atoms with Gasteiger partial charge in [-0.15, -0.1) is 0 Å². The minimum absolute atomic E-state index is 0.0458. The summed E-state index contributed by atoms with van der Waals surface area (Å²) in [5, 5.41) is 32.0. The lowest BCUT2D eigenvalue weighted by Gasteiger charge is -2.71. The molecule has 9 unspecified atom stereocenters. The first-order valence-electron chi connectivity index (χ1n) is 13.9. The second kappa shape index (κ2) is 7.34. The second-order valence-electron chi connectivity index (χ2n) is 14.8. The number of fused-ring (bicyclic) bond motifs is 7. The van der Waals surface area contributed by atoms with Crippen molar-refractivity contribution in [2.45, 2.75) is 112 Å². The van der Waals surface area contributed by atoms with Crippen molar-refractivity contribution >= 4 is 5.97 Å². The number of hydrogen-bond acceptors (Lipinski definition) is 3. The van der Waals surface area contributed by atoms with E-state index in [4.69, 9.17) is 0 Å². The van der Waals surface area contributed by atoms with Crippen molar-refractivity contribution in [1.82, 2.24) is 0 Å². The Morgan fingerprint density at radius 1 is 0.941 bits per heavy atom. The van der Waals surface area contributed by atoms with E-state index in [2.05, 4.69) is 40.7 Å². The SMILES string of the molecule is CC1(C(=O)O)CCC2(C)CCC3(C)C(=CCC4C5(CO)CCC(O)C(C)(C)C5CCC43C)C2C1. The highest BCUT2D eigenvalue weighted by atomic mass is 16.4. The maximum Gasteiger partial charge on any atom is 0.309 e. The van der Waals surface area contributed by atoms with E-state index in [1.807, 2.05) is 6.92 Å². The number of carboxylic acids is 1. The molecule has 5 rings (SSSR count). The average molecular weight is 473 g/mol. The van der Waals surface area contributed by atoms with Crippen LogP contribution in [0, 0.1) is 50.2 Å². The molecule has 0 spiro atoms. The molecule has 3 N–H and O–H groups in total. The number of carboxylic acid groups (broad SMARTS) is 1. The summed E-state index contributed by atoms with van der Waals surface area (Å²) >= 11 is 0. The lowest BCUT2D eigenvalue weighted by atomic mass is 9.33. The zero-order valence-corrected chi connectivity index (χ0v) is 22.4. The summed E-state index contributed by atoms with van der Waals surface area (Å²) in [5.41, 5.74) is 0.945. The molecule has 0 aliphatic heterocycles. The quantitative estimate of drug-likeness (QED) is 0.418. The van der Waals surface area contributed by atoms with Gasteiger partial charge in [-0.3, -0.25) is 4.79 Å². The first-order chi connectivity index (χ1) is 15.7. The van der Waals surface area contributed by atoms with Crippen molar-refractivity contribution in [2.24, 2.45) is 50.2 Å². The minimum atomic E-state index is -0.634. The number of aliphatic hydroxyl groups excluding tert-OH is 2. The lowest BCUT2D eigenvalue weighted by molar-refractivity contribution is -0.222. The van der Waals surface area contributed by atoms with Gasteiger partial charge in [0, 0.05) is 12.0 Å². The summed E-state index contributed by atoms with van der Waals surface area (Å²) < 4.78 is 0. The summed E-state index contributed by atoms with van der Waals surface area (Å²) in [7, 11) is 0. The summed E-state index contributed by atoms with van der Waals surface area (Å²) in [5.74, 6) is 0.448. The molecule has 5 aliphatic rings. The van der Waals surface area contributed by atoms with Crippen LogP contribution < -0.4 is 0 Å². The topological polar surface area (TPSA) is 77.8 Å². The molecule has 0 aromatic carbocycles. The second-order valence-corrected chi connectivity index (χ2v) is 14.8. The fourth-order valence-electron chi connectivity index (χ4n) is 10.5. The van der Waals surface area contributed by atoms with Crippen molar-refractivity contribution in [2.75, 3.05) is 6.61 Å². The third kappa shape index (κ3) is 2.88. The first-order valence-corrected chi connectivity index (χ1v) is 13.9. The van der Waals surface area contributed by atoms with Crippen LogP contribution in [-0.4, -0.2) is 34.0 Å². The molecule has 0 amide bonds. The Kier molecular flexibility index (Phi) is 5.36. The number of hydrogen-bond donors (Lipinski definition) is 3. The zero-order valence-electron chi connectivity index (χ0n) is 22.4. The van der Waals surface area contributed by atoms with E-state index in [1.54, 1.807) is 5.57 Å². The Hall–Kier alpha value is -0.870. The zero-order chi connectivity index (χ0) is 24.9. The molecule has 0 radical (unpaired) electrons. The summed E-state index contributed by atoms with van der Waals surface area (Å²) in [6.45, 7) is 14.1. The Morgan fingerprint density at radius 2 is 1.62 bits per heavy atom. The molecule has 0 heterocycles. The highest BCUT2D eigenvalue weighted by Gasteiger charge is 2.69. The van der Waals surface area contributed by atoms with Crippen LogP contribution in [0.2, 0.25) is 0 Å². The van der Waals surface area contributed by atoms with Gasteiger partial charge in [0.1, 0.15) is 0 Å². The van der Waals surface area contributed by atoms with Gasteiger partial charge < -0.3 is 15.3 Å². The van der Waals surface area contributed by atoms with Gasteiger partial charge in [-0.1, -0.05) is 46.3 Å². The molecule has 9 atom stereocenters. The summed E-state index contributed by atoms with van der Waals surface area (Å²) in [6, 6.07) is 0. The van der Waals surface area contributed by atoms with Crippen LogP contribution in [0.25, 0.3) is 0 Å². The summed E-state index contributed by atoms with van der Waals surface area (Å²) in [6.07, 6.45) is 12.0. The van der Waals surface area contributed by atoms with E-state index >= 15 is 0 Å². The highest BCUT2D eigenvalue weighted by molar-refractivity contribution is 5.74. The Labute approximate surface area is 206 Å². The molecular formula is C30H48O4. The summed E-state index contributed by atoms with van der Waals surface area (Å²) in [4.78, 5) is 12.2. The molecule has 4 nitrogen and oxygen atoms in total. The van der Waals surface area contributed by atoms with Gasteiger partial charge in [0.25, 0.3) is 0 Å². The maximum atomic E-state index is 12.2. The molecule has 4 fully saturated rings. The minimum Gasteiger partial charge on any atom is -0.481 e. The van der Waals surface area contributed by atoms with E-state index in [9.17, 15) is 20.1 Å². The molecule has 0 saturated heterocycles. The lowest BCUT2D eigenvalue weighted by Crippen LogP contribution is -2.66.